The lowest BCUT2D eigenvalue weighted by molar-refractivity contribution is 0.104. The van der Waals surface area contributed by atoms with Crippen molar-refractivity contribution in [3.63, 3.8) is 0 Å². The van der Waals surface area contributed by atoms with Gasteiger partial charge in [-0.15, -0.1) is 0 Å². The van der Waals surface area contributed by atoms with Crippen LogP contribution in [0.1, 0.15) is 33.6 Å². The molecule has 2 aromatic rings. The minimum Gasteiger partial charge on any atom is -0.465 e. The van der Waals surface area contributed by atoms with Gasteiger partial charge < -0.3 is 20.2 Å². The van der Waals surface area contributed by atoms with E-state index in [1.54, 1.807) is 0 Å². The lowest BCUT2D eigenvalue weighted by Crippen LogP contribution is -2.68. The molecular weight excluding hydrogens is 380 g/mol. The second-order valence-corrected chi connectivity index (χ2v) is 13.0. The molecule has 3 N–H and O–H groups in total. The minimum absolute atomic E-state index is 0.139. The fraction of sp³-hybridized carbons (Fsp3) is 0.435. The van der Waals surface area contributed by atoms with E-state index in [2.05, 4.69) is 69.3 Å². The third-order valence-corrected chi connectivity index (χ3v) is 11.0. The van der Waals surface area contributed by atoms with Crippen LogP contribution in [-0.4, -0.2) is 49.7 Å². The van der Waals surface area contributed by atoms with Crippen LogP contribution >= 0.6 is 0 Å². The maximum absolute atomic E-state index is 11.8. The van der Waals surface area contributed by atoms with Crippen LogP contribution in [-0.2, 0) is 4.43 Å². The molecule has 1 amide bonds. The Morgan fingerprint density at radius 3 is 2.03 bits per heavy atom. The molecule has 0 aromatic heterocycles. The predicted octanol–water partition coefficient (Wildman–Crippen LogP) is 3.03. The van der Waals surface area contributed by atoms with Crippen LogP contribution in [0.15, 0.2) is 60.7 Å². The number of carboxylic acid groups (broad SMARTS) is 1. The molecule has 1 saturated heterocycles. The molecule has 1 fully saturated rings. The Kier molecular flexibility index (Phi) is 6.46. The van der Waals surface area contributed by atoms with Crippen molar-refractivity contribution < 1.29 is 14.3 Å². The van der Waals surface area contributed by atoms with Crippen LogP contribution in [0.3, 0.4) is 0 Å². The van der Waals surface area contributed by atoms with Crippen LogP contribution in [0.5, 0.6) is 0 Å². The number of rotatable bonds is 6. The maximum Gasteiger partial charge on any atom is 0.407 e. The van der Waals surface area contributed by atoms with Crippen LogP contribution < -0.4 is 16.1 Å². The van der Waals surface area contributed by atoms with Crippen LogP contribution in [0.25, 0.3) is 0 Å². The van der Waals surface area contributed by atoms with E-state index in [-0.39, 0.29) is 17.2 Å². The van der Waals surface area contributed by atoms with E-state index in [1.807, 2.05) is 12.1 Å². The first kappa shape index (κ1) is 21.6. The monoisotopic (exact) mass is 412 g/mol. The van der Waals surface area contributed by atoms with E-state index in [0.29, 0.717) is 25.9 Å². The first-order chi connectivity index (χ1) is 13.8. The highest BCUT2D eigenvalue weighted by atomic mass is 28.4. The van der Waals surface area contributed by atoms with Crippen molar-refractivity contribution >= 4 is 24.8 Å². The Labute approximate surface area is 174 Å². The van der Waals surface area contributed by atoms with Crippen LogP contribution in [0, 0.1) is 0 Å². The van der Waals surface area contributed by atoms with Crippen molar-refractivity contribution in [2.75, 3.05) is 13.1 Å². The summed E-state index contributed by atoms with van der Waals surface area (Å²) in [6, 6.07) is 20.7. The zero-order chi connectivity index (χ0) is 21.1. The second kappa shape index (κ2) is 8.69. The standard InChI is InChI=1S/C23H32N2O3Si/c1-23(2,3)29(18-10-6-4-7-11-18,19-12-8-5-9-13-19)28-21-15-17-25(22(26)27)20(21)14-16-24/h4-13,20-21H,14-17,24H2,1-3H3,(H,26,27)/t20-,21+/m1/s1. The molecule has 3 rings (SSSR count). The molecule has 156 valence electrons. The lowest BCUT2D eigenvalue weighted by atomic mass is 10.1. The summed E-state index contributed by atoms with van der Waals surface area (Å²) in [6.45, 7) is 7.64. The highest BCUT2D eigenvalue weighted by Crippen LogP contribution is 2.39. The van der Waals surface area contributed by atoms with E-state index in [4.69, 9.17) is 10.2 Å². The van der Waals surface area contributed by atoms with Crippen molar-refractivity contribution in [2.24, 2.45) is 5.73 Å². The Hall–Kier alpha value is -2.15. The Balaban J connectivity index is 2.12. The fourth-order valence-corrected chi connectivity index (χ4v) is 9.37. The Bertz CT molecular complexity index is 768. The number of hydrogen-bond donors (Lipinski definition) is 2. The zero-order valence-electron chi connectivity index (χ0n) is 17.5. The summed E-state index contributed by atoms with van der Waals surface area (Å²) in [4.78, 5) is 13.3. The van der Waals surface area contributed by atoms with Gasteiger partial charge in [-0.05, 0) is 34.8 Å². The number of nitrogens with zero attached hydrogens (tertiary/aromatic N) is 1. The van der Waals surface area contributed by atoms with E-state index in [1.165, 1.54) is 15.3 Å². The van der Waals surface area contributed by atoms with Gasteiger partial charge in [0.05, 0.1) is 12.1 Å². The van der Waals surface area contributed by atoms with Gasteiger partial charge in [-0.3, -0.25) is 0 Å². The molecule has 0 saturated carbocycles. The second-order valence-electron chi connectivity index (χ2n) is 8.73. The SMILES string of the molecule is CC(C)(C)[Si](O[C@H]1CCN(C(=O)O)[C@@H]1CCN)(c1ccccc1)c1ccccc1. The van der Waals surface area contributed by atoms with Crippen LogP contribution in [0.4, 0.5) is 4.79 Å². The van der Waals surface area contributed by atoms with Gasteiger partial charge in [0.25, 0.3) is 8.32 Å². The third kappa shape index (κ3) is 4.10. The number of carbonyl (C=O) groups is 1. The van der Waals surface area contributed by atoms with E-state index < -0.39 is 14.4 Å². The number of amides is 1. The normalized spacial score (nSPS) is 20.1. The maximum atomic E-state index is 11.8. The average molecular weight is 413 g/mol. The smallest absolute Gasteiger partial charge is 0.407 e. The minimum atomic E-state index is -2.71. The van der Waals surface area contributed by atoms with E-state index in [0.717, 1.165) is 0 Å². The molecule has 0 spiro atoms. The van der Waals surface area contributed by atoms with Crippen molar-refractivity contribution in [3.05, 3.63) is 60.7 Å². The fourth-order valence-electron chi connectivity index (χ4n) is 4.63. The summed E-state index contributed by atoms with van der Waals surface area (Å²) in [6.07, 6.45) is 0.245. The summed E-state index contributed by atoms with van der Waals surface area (Å²) in [5, 5.41) is 11.9. The quantitative estimate of drug-likeness (QED) is 0.715. The first-order valence-corrected chi connectivity index (χ1v) is 12.2. The number of likely N-dealkylation sites (tertiary alicyclic amines) is 1. The third-order valence-electron chi connectivity index (χ3n) is 5.94. The predicted molar refractivity (Wildman–Crippen MR) is 119 cm³/mol. The lowest BCUT2D eigenvalue weighted by Gasteiger charge is -2.45. The van der Waals surface area contributed by atoms with Crippen LogP contribution in [0.2, 0.25) is 5.04 Å². The van der Waals surface area contributed by atoms with E-state index >= 15 is 0 Å². The molecule has 2 atom stereocenters. The van der Waals surface area contributed by atoms with Gasteiger partial charge in [-0.25, -0.2) is 4.79 Å². The highest BCUT2D eigenvalue weighted by Gasteiger charge is 2.53. The molecule has 1 aliphatic rings. The van der Waals surface area contributed by atoms with Gasteiger partial charge >= 0.3 is 6.09 Å². The Morgan fingerprint density at radius 1 is 1.10 bits per heavy atom. The molecule has 0 radical (unpaired) electrons. The van der Waals surface area contributed by atoms with Gasteiger partial charge in [0.15, 0.2) is 0 Å². The average Bonchev–Trinajstić information content (AvgIpc) is 3.09. The molecule has 5 nitrogen and oxygen atoms in total. The molecule has 0 unspecified atom stereocenters. The molecule has 0 aliphatic carbocycles. The Morgan fingerprint density at radius 2 is 1.62 bits per heavy atom. The first-order valence-electron chi connectivity index (χ1n) is 10.3. The van der Waals surface area contributed by atoms with Gasteiger partial charge in [-0.1, -0.05) is 81.4 Å². The van der Waals surface area contributed by atoms with Crippen molar-refractivity contribution in [3.8, 4) is 0 Å². The van der Waals surface area contributed by atoms with Gasteiger partial charge in [0.1, 0.15) is 0 Å². The molecule has 2 aromatic carbocycles. The van der Waals surface area contributed by atoms with Crippen molar-refractivity contribution in [1.29, 1.82) is 0 Å². The largest absolute Gasteiger partial charge is 0.465 e. The summed E-state index contributed by atoms with van der Waals surface area (Å²) >= 11 is 0. The molecule has 0 bridgehead atoms. The summed E-state index contributed by atoms with van der Waals surface area (Å²) < 4.78 is 7.16. The van der Waals surface area contributed by atoms with Crippen molar-refractivity contribution in [1.82, 2.24) is 4.90 Å². The summed E-state index contributed by atoms with van der Waals surface area (Å²) in [5.41, 5.74) is 5.84. The number of nitrogens with two attached hydrogens (primary N) is 1. The van der Waals surface area contributed by atoms with Gasteiger partial charge in [0, 0.05) is 6.54 Å². The number of benzene rings is 2. The zero-order valence-corrected chi connectivity index (χ0v) is 18.5. The van der Waals surface area contributed by atoms with Gasteiger partial charge in [-0.2, -0.15) is 0 Å². The molecule has 1 heterocycles. The topological polar surface area (TPSA) is 75.8 Å². The molecular formula is C23H32N2O3Si. The highest BCUT2D eigenvalue weighted by molar-refractivity contribution is 6.99. The molecule has 29 heavy (non-hydrogen) atoms. The molecule has 1 aliphatic heterocycles. The van der Waals surface area contributed by atoms with Crippen molar-refractivity contribution in [2.45, 2.75) is 50.8 Å². The summed E-state index contributed by atoms with van der Waals surface area (Å²) in [5.74, 6) is 0. The summed E-state index contributed by atoms with van der Waals surface area (Å²) in [7, 11) is -2.71. The molecule has 6 heteroatoms. The van der Waals surface area contributed by atoms with E-state index in [9.17, 15) is 9.90 Å². The van der Waals surface area contributed by atoms with Gasteiger partial charge in [0.2, 0.25) is 0 Å². The number of hydrogen-bond acceptors (Lipinski definition) is 3.